The number of pyridine rings is 1. The van der Waals surface area contributed by atoms with Crippen molar-refractivity contribution in [2.45, 2.75) is 20.0 Å². The molecule has 20 heavy (non-hydrogen) atoms. The molecule has 0 unspecified atom stereocenters. The Bertz CT molecular complexity index is 728. The summed E-state index contributed by atoms with van der Waals surface area (Å²) in [5.74, 6) is 0. The molecule has 3 heteroatoms. The predicted octanol–water partition coefficient (Wildman–Crippen LogP) is 3.17. The molecule has 2 aromatic heterocycles. The van der Waals surface area contributed by atoms with E-state index >= 15 is 0 Å². The van der Waals surface area contributed by atoms with Gasteiger partial charge in [-0.05, 0) is 41.6 Å². The molecule has 0 spiro atoms. The van der Waals surface area contributed by atoms with Crippen molar-refractivity contribution in [2.75, 3.05) is 0 Å². The summed E-state index contributed by atoms with van der Waals surface area (Å²) < 4.78 is 2.15. The number of nitrogens with zero attached hydrogens (tertiary/aromatic N) is 2. The summed E-state index contributed by atoms with van der Waals surface area (Å²) in [7, 11) is 2.08. The lowest BCUT2D eigenvalue weighted by Crippen LogP contribution is -2.14. The third kappa shape index (κ3) is 2.58. The first-order valence-corrected chi connectivity index (χ1v) is 6.89. The van der Waals surface area contributed by atoms with Gasteiger partial charge in [0.15, 0.2) is 0 Å². The molecule has 0 radical (unpaired) electrons. The average Bonchev–Trinajstić information content (AvgIpc) is 2.82. The third-order valence-corrected chi connectivity index (χ3v) is 3.69. The molecule has 102 valence electrons. The van der Waals surface area contributed by atoms with Crippen LogP contribution in [-0.4, -0.2) is 9.55 Å². The number of aryl methyl sites for hydroxylation is 2. The first-order valence-electron chi connectivity index (χ1n) is 6.89. The summed E-state index contributed by atoms with van der Waals surface area (Å²) in [5.41, 5.74) is 4.93. The van der Waals surface area contributed by atoms with Gasteiger partial charge in [-0.1, -0.05) is 18.2 Å². The van der Waals surface area contributed by atoms with Crippen LogP contribution >= 0.6 is 0 Å². The Kier molecular flexibility index (Phi) is 3.52. The molecular weight excluding hydrogens is 246 g/mol. The average molecular weight is 265 g/mol. The quantitative estimate of drug-likeness (QED) is 0.785. The topological polar surface area (TPSA) is 29.9 Å². The number of hydrogen-bond donors (Lipinski definition) is 1. The van der Waals surface area contributed by atoms with E-state index in [4.69, 9.17) is 0 Å². The summed E-state index contributed by atoms with van der Waals surface area (Å²) in [6, 6.07) is 12.8. The van der Waals surface area contributed by atoms with Crippen molar-refractivity contribution in [3.63, 3.8) is 0 Å². The van der Waals surface area contributed by atoms with E-state index in [1.54, 1.807) is 0 Å². The van der Waals surface area contributed by atoms with Crippen molar-refractivity contribution >= 4 is 10.9 Å². The lowest BCUT2D eigenvalue weighted by Gasteiger charge is -2.07. The van der Waals surface area contributed by atoms with E-state index in [2.05, 4.69) is 65.4 Å². The summed E-state index contributed by atoms with van der Waals surface area (Å²) in [6.45, 7) is 3.76. The Morgan fingerprint density at radius 1 is 1.15 bits per heavy atom. The zero-order valence-corrected chi connectivity index (χ0v) is 11.9. The molecule has 2 heterocycles. The zero-order chi connectivity index (χ0) is 13.9. The van der Waals surface area contributed by atoms with Crippen molar-refractivity contribution in [1.82, 2.24) is 14.9 Å². The minimum Gasteiger partial charge on any atom is -0.351 e. The van der Waals surface area contributed by atoms with Gasteiger partial charge >= 0.3 is 0 Å². The minimum atomic E-state index is 0.803. The molecule has 3 aromatic rings. The van der Waals surface area contributed by atoms with Crippen molar-refractivity contribution in [1.29, 1.82) is 0 Å². The molecule has 1 N–H and O–H groups in total. The highest BCUT2D eigenvalue weighted by molar-refractivity contribution is 5.80. The molecule has 0 saturated carbocycles. The molecule has 1 aromatic carbocycles. The van der Waals surface area contributed by atoms with Crippen LogP contribution in [0.25, 0.3) is 10.9 Å². The van der Waals surface area contributed by atoms with Crippen molar-refractivity contribution in [2.24, 2.45) is 7.05 Å². The molecule has 0 bridgehead atoms. The van der Waals surface area contributed by atoms with Crippen LogP contribution in [0.1, 0.15) is 16.8 Å². The van der Waals surface area contributed by atoms with Gasteiger partial charge < -0.3 is 9.88 Å². The Morgan fingerprint density at radius 2 is 2.05 bits per heavy atom. The van der Waals surface area contributed by atoms with Gasteiger partial charge in [-0.25, -0.2) is 0 Å². The molecule has 0 amide bonds. The van der Waals surface area contributed by atoms with Crippen LogP contribution in [0.5, 0.6) is 0 Å². The van der Waals surface area contributed by atoms with Gasteiger partial charge in [-0.3, -0.25) is 4.98 Å². The molecule has 0 aliphatic carbocycles. The van der Waals surface area contributed by atoms with Crippen LogP contribution in [0.4, 0.5) is 0 Å². The fourth-order valence-electron chi connectivity index (χ4n) is 2.45. The Labute approximate surface area is 119 Å². The standard InChI is InChI=1S/C17H19N3/c1-13-4-3-8-19-16(13)12-18-11-14-5-6-15-7-9-20(2)17(15)10-14/h3-10,18H,11-12H2,1-2H3. The van der Waals surface area contributed by atoms with Crippen LogP contribution in [0, 0.1) is 6.92 Å². The Hall–Kier alpha value is -2.13. The molecular formula is C17H19N3. The summed E-state index contributed by atoms with van der Waals surface area (Å²) in [4.78, 5) is 4.40. The molecule has 0 aliphatic rings. The number of rotatable bonds is 4. The van der Waals surface area contributed by atoms with E-state index in [-0.39, 0.29) is 0 Å². The summed E-state index contributed by atoms with van der Waals surface area (Å²) in [6.07, 6.45) is 3.94. The lowest BCUT2D eigenvalue weighted by atomic mass is 10.1. The second kappa shape index (κ2) is 5.47. The largest absolute Gasteiger partial charge is 0.351 e. The van der Waals surface area contributed by atoms with Crippen molar-refractivity contribution in [3.8, 4) is 0 Å². The number of fused-ring (bicyclic) bond motifs is 1. The van der Waals surface area contributed by atoms with Crippen LogP contribution in [0.15, 0.2) is 48.8 Å². The maximum Gasteiger partial charge on any atom is 0.0570 e. The van der Waals surface area contributed by atoms with Gasteiger partial charge in [-0.2, -0.15) is 0 Å². The predicted molar refractivity (Wildman–Crippen MR) is 82.4 cm³/mol. The van der Waals surface area contributed by atoms with Gasteiger partial charge in [0.05, 0.1) is 5.69 Å². The van der Waals surface area contributed by atoms with Crippen molar-refractivity contribution < 1.29 is 0 Å². The van der Waals surface area contributed by atoms with Gasteiger partial charge in [-0.15, -0.1) is 0 Å². The fraction of sp³-hybridized carbons (Fsp3) is 0.235. The van der Waals surface area contributed by atoms with E-state index in [0.29, 0.717) is 0 Å². The summed E-state index contributed by atoms with van der Waals surface area (Å²) >= 11 is 0. The van der Waals surface area contributed by atoms with Gasteiger partial charge in [0.1, 0.15) is 0 Å². The number of aromatic nitrogens is 2. The van der Waals surface area contributed by atoms with E-state index in [1.807, 2.05) is 12.3 Å². The second-order valence-electron chi connectivity index (χ2n) is 5.19. The highest BCUT2D eigenvalue weighted by Crippen LogP contribution is 2.16. The van der Waals surface area contributed by atoms with Crippen LogP contribution < -0.4 is 5.32 Å². The van der Waals surface area contributed by atoms with Gasteiger partial charge in [0, 0.05) is 38.0 Å². The molecule has 0 aliphatic heterocycles. The smallest absolute Gasteiger partial charge is 0.0570 e. The van der Waals surface area contributed by atoms with E-state index in [1.165, 1.54) is 22.0 Å². The highest BCUT2D eigenvalue weighted by atomic mass is 14.9. The van der Waals surface area contributed by atoms with Gasteiger partial charge in [0.25, 0.3) is 0 Å². The fourth-order valence-corrected chi connectivity index (χ4v) is 2.45. The van der Waals surface area contributed by atoms with Crippen LogP contribution in [0.2, 0.25) is 0 Å². The lowest BCUT2D eigenvalue weighted by molar-refractivity contribution is 0.676. The third-order valence-electron chi connectivity index (χ3n) is 3.69. The Balaban J connectivity index is 1.68. The maximum absolute atomic E-state index is 4.40. The zero-order valence-electron chi connectivity index (χ0n) is 11.9. The Morgan fingerprint density at radius 3 is 2.90 bits per heavy atom. The highest BCUT2D eigenvalue weighted by Gasteiger charge is 2.01. The number of nitrogens with one attached hydrogen (secondary N) is 1. The number of hydrogen-bond acceptors (Lipinski definition) is 2. The van der Waals surface area contributed by atoms with E-state index in [9.17, 15) is 0 Å². The molecule has 0 atom stereocenters. The molecule has 3 nitrogen and oxygen atoms in total. The van der Waals surface area contributed by atoms with Crippen molar-refractivity contribution in [3.05, 3.63) is 65.6 Å². The van der Waals surface area contributed by atoms with E-state index < -0.39 is 0 Å². The van der Waals surface area contributed by atoms with E-state index in [0.717, 1.165) is 18.8 Å². The second-order valence-corrected chi connectivity index (χ2v) is 5.19. The normalized spacial score (nSPS) is 11.1. The maximum atomic E-state index is 4.40. The van der Waals surface area contributed by atoms with Crippen LogP contribution in [0.3, 0.4) is 0 Å². The first kappa shape index (κ1) is 12.9. The molecule has 0 fully saturated rings. The van der Waals surface area contributed by atoms with Gasteiger partial charge in [0.2, 0.25) is 0 Å². The molecule has 3 rings (SSSR count). The summed E-state index contributed by atoms with van der Waals surface area (Å²) in [5, 5.41) is 4.75. The first-order chi connectivity index (χ1) is 9.74. The SMILES string of the molecule is Cc1cccnc1CNCc1ccc2ccn(C)c2c1. The number of benzene rings is 1. The monoisotopic (exact) mass is 265 g/mol. The minimum absolute atomic E-state index is 0.803. The van der Waals surface area contributed by atoms with Crippen LogP contribution in [-0.2, 0) is 20.1 Å². The molecule has 0 saturated heterocycles.